The predicted octanol–water partition coefficient (Wildman–Crippen LogP) is 2.09. The molecule has 1 heterocycles. The van der Waals surface area contributed by atoms with Crippen LogP contribution in [0.3, 0.4) is 0 Å². The summed E-state index contributed by atoms with van der Waals surface area (Å²) in [4.78, 5) is 16.7. The Morgan fingerprint density at radius 3 is 2.68 bits per heavy atom. The average Bonchev–Trinajstić information content (AvgIpc) is 2.54. The lowest BCUT2D eigenvalue weighted by atomic mass is 10.00. The molecule has 1 aromatic carbocycles. The number of rotatable bonds is 5. The summed E-state index contributed by atoms with van der Waals surface area (Å²) >= 11 is 0. The lowest BCUT2D eigenvalue weighted by Gasteiger charge is -2.39. The fourth-order valence-corrected chi connectivity index (χ4v) is 3.03. The van der Waals surface area contributed by atoms with Crippen LogP contribution in [0.25, 0.3) is 0 Å². The summed E-state index contributed by atoms with van der Waals surface area (Å²) in [5, 5.41) is 0. The third kappa shape index (κ3) is 4.31. The molecule has 0 radical (unpaired) electrons. The molecule has 22 heavy (non-hydrogen) atoms. The quantitative estimate of drug-likeness (QED) is 0.906. The van der Waals surface area contributed by atoms with Gasteiger partial charge >= 0.3 is 0 Å². The number of amides is 1. The summed E-state index contributed by atoms with van der Waals surface area (Å²) in [6.45, 7) is 6.99. The van der Waals surface area contributed by atoms with E-state index in [-0.39, 0.29) is 17.9 Å². The number of hydrogen-bond acceptors (Lipinski definition) is 3. The molecule has 0 aliphatic carbocycles. The molecular formula is C18H29N3O. The van der Waals surface area contributed by atoms with E-state index in [0.29, 0.717) is 0 Å². The van der Waals surface area contributed by atoms with Crippen LogP contribution in [0.5, 0.6) is 0 Å². The Morgan fingerprint density at radius 1 is 1.36 bits per heavy atom. The van der Waals surface area contributed by atoms with Crippen LogP contribution in [0.2, 0.25) is 0 Å². The van der Waals surface area contributed by atoms with Crippen molar-refractivity contribution in [2.45, 2.75) is 45.3 Å². The number of benzene rings is 1. The monoisotopic (exact) mass is 303 g/mol. The van der Waals surface area contributed by atoms with Gasteiger partial charge in [-0.2, -0.15) is 0 Å². The van der Waals surface area contributed by atoms with Gasteiger partial charge in [0, 0.05) is 26.2 Å². The molecule has 4 nitrogen and oxygen atoms in total. The van der Waals surface area contributed by atoms with Crippen molar-refractivity contribution < 1.29 is 4.79 Å². The van der Waals surface area contributed by atoms with Crippen LogP contribution in [0.15, 0.2) is 30.3 Å². The number of likely N-dealkylation sites (N-methyl/N-ethyl adjacent to an activating group) is 1. The molecule has 1 aromatic rings. The molecule has 2 N–H and O–H groups in total. The van der Waals surface area contributed by atoms with Crippen LogP contribution in [-0.2, 0) is 11.3 Å². The van der Waals surface area contributed by atoms with E-state index in [9.17, 15) is 4.79 Å². The van der Waals surface area contributed by atoms with Gasteiger partial charge in [0.1, 0.15) is 0 Å². The molecule has 1 aliphatic heterocycles. The van der Waals surface area contributed by atoms with Crippen LogP contribution in [0.4, 0.5) is 0 Å². The second kappa shape index (κ2) is 7.75. The summed E-state index contributed by atoms with van der Waals surface area (Å²) in [5.41, 5.74) is 7.35. The minimum absolute atomic E-state index is 0.0709. The van der Waals surface area contributed by atoms with Crippen molar-refractivity contribution in [3.8, 4) is 0 Å². The average molecular weight is 303 g/mol. The Labute approximate surface area is 134 Å². The predicted molar refractivity (Wildman–Crippen MR) is 90.3 cm³/mol. The third-order valence-corrected chi connectivity index (χ3v) is 4.63. The van der Waals surface area contributed by atoms with Gasteiger partial charge in [-0.15, -0.1) is 0 Å². The van der Waals surface area contributed by atoms with E-state index < -0.39 is 6.04 Å². The zero-order valence-electron chi connectivity index (χ0n) is 14.0. The minimum Gasteiger partial charge on any atom is -0.340 e. The van der Waals surface area contributed by atoms with Gasteiger partial charge < -0.3 is 10.6 Å². The Kier molecular flexibility index (Phi) is 5.98. The molecule has 4 heteroatoms. The van der Waals surface area contributed by atoms with E-state index in [1.807, 2.05) is 31.9 Å². The van der Waals surface area contributed by atoms with E-state index in [1.165, 1.54) is 5.56 Å². The van der Waals surface area contributed by atoms with Crippen molar-refractivity contribution in [1.29, 1.82) is 0 Å². The molecule has 1 amide bonds. The number of nitrogens with zero attached hydrogens (tertiary/aromatic N) is 2. The Bertz CT molecular complexity index is 474. The van der Waals surface area contributed by atoms with Crippen molar-refractivity contribution in [3.63, 3.8) is 0 Å². The van der Waals surface area contributed by atoms with Crippen molar-refractivity contribution in [2.24, 2.45) is 11.7 Å². The van der Waals surface area contributed by atoms with Gasteiger partial charge in [0.2, 0.25) is 5.91 Å². The molecular weight excluding hydrogens is 274 g/mol. The highest BCUT2D eigenvalue weighted by Crippen LogP contribution is 2.18. The largest absolute Gasteiger partial charge is 0.340 e. The first-order valence-electron chi connectivity index (χ1n) is 8.27. The first kappa shape index (κ1) is 17.0. The minimum atomic E-state index is -0.394. The smallest absolute Gasteiger partial charge is 0.239 e. The highest BCUT2D eigenvalue weighted by Gasteiger charge is 2.29. The van der Waals surface area contributed by atoms with Gasteiger partial charge in [-0.25, -0.2) is 0 Å². The summed E-state index contributed by atoms with van der Waals surface area (Å²) in [5.74, 6) is 0.250. The van der Waals surface area contributed by atoms with Crippen LogP contribution in [-0.4, -0.2) is 47.9 Å². The Morgan fingerprint density at radius 2 is 2.05 bits per heavy atom. The molecule has 0 saturated carbocycles. The van der Waals surface area contributed by atoms with Crippen molar-refractivity contribution >= 4 is 5.91 Å². The zero-order chi connectivity index (χ0) is 16.1. The first-order valence-corrected chi connectivity index (χ1v) is 8.27. The molecule has 2 atom stereocenters. The second-order valence-electron chi connectivity index (χ2n) is 6.74. The van der Waals surface area contributed by atoms with E-state index in [2.05, 4.69) is 29.2 Å². The molecule has 2 unspecified atom stereocenters. The van der Waals surface area contributed by atoms with Crippen LogP contribution in [0.1, 0.15) is 32.3 Å². The highest BCUT2D eigenvalue weighted by molar-refractivity contribution is 5.82. The van der Waals surface area contributed by atoms with Gasteiger partial charge in [-0.3, -0.25) is 9.69 Å². The maximum Gasteiger partial charge on any atom is 0.239 e. The van der Waals surface area contributed by atoms with Gasteiger partial charge in [-0.05, 0) is 30.9 Å². The molecule has 0 bridgehead atoms. The van der Waals surface area contributed by atoms with Crippen molar-refractivity contribution in [1.82, 2.24) is 9.80 Å². The number of carbonyl (C=O) groups excluding carboxylic acids is 1. The van der Waals surface area contributed by atoms with E-state index in [0.717, 1.165) is 32.5 Å². The highest BCUT2D eigenvalue weighted by atomic mass is 16.2. The second-order valence-corrected chi connectivity index (χ2v) is 6.74. The molecule has 2 rings (SSSR count). The number of piperidine rings is 1. The molecule has 122 valence electrons. The van der Waals surface area contributed by atoms with Crippen molar-refractivity contribution in [3.05, 3.63) is 35.9 Å². The van der Waals surface area contributed by atoms with Gasteiger partial charge in [0.05, 0.1) is 6.04 Å². The SMILES string of the molecule is CC(C)C(N)C(=O)N(C)C1CCCN(Cc2ccccc2)C1. The number of carbonyl (C=O) groups is 1. The molecule has 0 aromatic heterocycles. The maximum absolute atomic E-state index is 12.4. The summed E-state index contributed by atoms with van der Waals surface area (Å²) < 4.78 is 0. The maximum atomic E-state index is 12.4. The van der Waals surface area contributed by atoms with Crippen LogP contribution < -0.4 is 5.73 Å². The Balaban J connectivity index is 1.94. The van der Waals surface area contributed by atoms with E-state index in [4.69, 9.17) is 5.73 Å². The number of nitrogens with two attached hydrogens (primary N) is 1. The standard InChI is InChI=1S/C18H29N3O/c1-14(2)17(19)18(22)20(3)16-10-7-11-21(13-16)12-15-8-5-4-6-9-15/h4-6,8-9,14,16-17H,7,10-13,19H2,1-3H3. The number of hydrogen-bond donors (Lipinski definition) is 1. The lowest BCUT2D eigenvalue weighted by molar-refractivity contribution is -0.135. The van der Waals surface area contributed by atoms with E-state index in [1.54, 1.807) is 0 Å². The van der Waals surface area contributed by atoms with Gasteiger partial charge in [0.25, 0.3) is 0 Å². The molecule has 1 saturated heterocycles. The topological polar surface area (TPSA) is 49.6 Å². The van der Waals surface area contributed by atoms with Gasteiger partial charge in [0.15, 0.2) is 0 Å². The summed E-state index contributed by atoms with van der Waals surface area (Å²) in [7, 11) is 1.90. The fraction of sp³-hybridized carbons (Fsp3) is 0.611. The van der Waals surface area contributed by atoms with Crippen molar-refractivity contribution in [2.75, 3.05) is 20.1 Å². The van der Waals surface area contributed by atoms with E-state index >= 15 is 0 Å². The first-order chi connectivity index (χ1) is 10.5. The molecule has 0 spiro atoms. The molecule has 1 aliphatic rings. The number of likely N-dealkylation sites (tertiary alicyclic amines) is 1. The lowest BCUT2D eigenvalue weighted by Crippen LogP contribution is -2.53. The molecule has 1 fully saturated rings. The third-order valence-electron chi connectivity index (χ3n) is 4.63. The normalized spacial score (nSPS) is 20.9. The van der Waals surface area contributed by atoms with Gasteiger partial charge in [-0.1, -0.05) is 44.2 Å². The summed E-state index contributed by atoms with van der Waals surface area (Å²) in [6.07, 6.45) is 2.20. The fourth-order valence-electron chi connectivity index (χ4n) is 3.03. The van der Waals surface area contributed by atoms with Crippen LogP contribution >= 0.6 is 0 Å². The summed E-state index contributed by atoms with van der Waals surface area (Å²) in [6, 6.07) is 10.4. The zero-order valence-corrected chi connectivity index (χ0v) is 14.0. The Hall–Kier alpha value is -1.39. The van der Waals surface area contributed by atoms with Crippen LogP contribution in [0, 0.1) is 5.92 Å².